The molecule has 1 aromatic carbocycles. The van der Waals surface area contributed by atoms with E-state index in [0.29, 0.717) is 30.1 Å². The van der Waals surface area contributed by atoms with E-state index in [1.807, 2.05) is 0 Å². The van der Waals surface area contributed by atoms with E-state index in [1.54, 1.807) is 25.1 Å². The minimum atomic E-state index is -3.29. The van der Waals surface area contributed by atoms with Crippen molar-refractivity contribution >= 4 is 27.6 Å². The standard InChI is InChI=1S/C16H16N2O5S/c1-10-7-15(19)13(16(20)23-10)9-17-12-3-4-14-11(8-12)5-6-18(14)24(2,21)22/h3-4,7-9,19H,5-6H2,1-2H3. The summed E-state index contributed by atoms with van der Waals surface area (Å²) in [7, 11) is -3.29. The maximum absolute atomic E-state index is 11.7. The van der Waals surface area contributed by atoms with Crippen LogP contribution < -0.4 is 9.93 Å². The van der Waals surface area contributed by atoms with E-state index in [-0.39, 0.29) is 11.3 Å². The number of fused-ring (bicyclic) bond motifs is 1. The maximum atomic E-state index is 11.7. The summed E-state index contributed by atoms with van der Waals surface area (Å²) >= 11 is 0. The van der Waals surface area contributed by atoms with Crippen molar-refractivity contribution in [3.63, 3.8) is 0 Å². The number of benzene rings is 1. The Kier molecular flexibility index (Phi) is 3.92. The van der Waals surface area contributed by atoms with Crippen LogP contribution in [0.15, 0.2) is 38.5 Å². The molecule has 2 aromatic rings. The minimum Gasteiger partial charge on any atom is -0.507 e. The normalized spacial score (nSPS) is 14.3. The Hall–Kier alpha value is -2.61. The van der Waals surface area contributed by atoms with E-state index in [0.717, 1.165) is 5.56 Å². The highest BCUT2D eigenvalue weighted by molar-refractivity contribution is 7.92. The van der Waals surface area contributed by atoms with Crippen molar-refractivity contribution in [3.8, 4) is 5.75 Å². The summed E-state index contributed by atoms with van der Waals surface area (Å²) < 4.78 is 29.7. The van der Waals surface area contributed by atoms with Gasteiger partial charge in [-0.3, -0.25) is 9.30 Å². The van der Waals surface area contributed by atoms with Crippen LogP contribution in [0.4, 0.5) is 11.4 Å². The lowest BCUT2D eigenvalue weighted by Crippen LogP contribution is -2.27. The first kappa shape index (κ1) is 16.3. The Morgan fingerprint density at radius 3 is 2.75 bits per heavy atom. The molecule has 1 aliphatic heterocycles. The lowest BCUT2D eigenvalue weighted by molar-refractivity contribution is 0.433. The molecule has 7 nitrogen and oxygen atoms in total. The second-order valence-electron chi connectivity index (χ2n) is 5.60. The van der Waals surface area contributed by atoms with Gasteiger partial charge in [0.15, 0.2) is 0 Å². The molecule has 0 saturated carbocycles. The van der Waals surface area contributed by atoms with Gasteiger partial charge < -0.3 is 9.52 Å². The van der Waals surface area contributed by atoms with Crippen LogP contribution in [0.25, 0.3) is 0 Å². The van der Waals surface area contributed by atoms with Gasteiger partial charge in [-0.15, -0.1) is 0 Å². The smallest absolute Gasteiger partial charge is 0.348 e. The number of aliphatic imine (C=N–C) groups is 1. The molecule has 24 heavy (non-hydrogen) atoms. The number of aryl methyl sites for hydroxylation is 1. The largest absolute Gasteiger partial charge is 0.507 e. The average molecular weight is 348 g/mol. The number of sulfonamides is 1. The van der Waals surface area contributed by atoms with Gasteiger partial charge in [0.2, 0.25) is 10.0 Å². The van der Waals surface area contributed by atoms with Gasteiger partial charge in [-0.05, 0) is 37.1 Å². The molecule has 0 amide bonds. The van der Waals surface area contributed by atoms with Crippen molar-refractivity contribution in [1.29, 1.82) is 0 Å². The first-order valence-corrected chi connectivity index (χ1v) is 9.09. The van der Waals surface area contributed by atoms with E-state index in [9.17, 15) is 18.3 Å². The van der Waals surface area contributed by atoms with Crippen LogP contribution in [0.1, 0.15) is 16.9 Å². The fraction of sp³-hybridized carbons (Fsp3) is 0.250. The molecule has 1 aromatic heterocycles. The molecule has 0 spiro atoms. The molecule has 1 N–H and O–H groups in total. The van der Waals surface area contributed by atoms with Gasteiger partial charge in [0.25, 0.3) is 0 Å². The molecule has 0 radical (unpaired) electrons. The Morgan fingerprint density at radius 1 is 1.33 bits per heavy atom. The molecule has 0 unspecified atom stereocenters. The van der Waals surface area contributed by atoms with Crippen molar-refractivity contribution in [2.75, 3.05) is 17.1 Å². The Morgan fingerprint density at radius 2 is 2.08 bits per heavy atom. The second kappa shape index (κ2) is 5.79. The third-order valence-electron chi connectivity index (χ3n) is 3.75. The number of hydrogen-bond donors (Lipinski definition) is 1. The minimum absolute atomic E-state index is 0.0288. The lowest BCUT2D eigenvalue weighted by atomic mass is 10.1. The number of aromatic hydroxyl groups is 1. The van der Waals surface area contributed by atoms with E-state index < -0.39 is 15.6 Å². The maximum Gasteiger partial charge on any atom is 0.348 e. The fourth-order valence-corrected chi connectivity index (χ4v) is 3.60. The molecule has 0 atom stereocenters. The van der Waals surface area contributed by atoms with Crippen LogP contribution in [0.2, 0.25) is 0 Å². The quantitative estimate of drug-likeness (QED) is 0.852. The molecule has 126 valence electrons. The third kappa shape index (κ3) is 3.05. The van der Waals surface area contributed by atoms with Crippen molar-refractivity contribution in [2.45, 2.75) is 13.3 Å². The van der Waals surface area contributed by atoms with Gasteiger partial charge in [0.05, 0.1) is 17.6 Å². The average Bonchev–Trinajstić information content (AvgIpc) is 2.89. The molecule has 0 aliphatic carbocycles. The molecular formula is C16H16N2O5S. The van der Waals surface area contributed by atoms with Crippen molar-refractivity contribution < 1.29 is 17.9 Å². The Labute approximate surface area is 138 Å². The number of anilines is 1. The first-order valence-electron chi connectivity index (χ1n) is 7.24. The van der Waals surface area contributed by atoms with E-state index in [4.69, 9.17) is 4.42 Å². The summed E-state index contributed by atoms with van der Waals surface area (Å²) in [5, 5.41) is 9.80. The summed E-state index contributed by atoms with van der Waals surface area (Å²) in [5.74, 6) is 0.116. The topological polar surface area (TPSA) is 100 Å². The summed E-state index contributed by atoms with van der Waals surface area (Å²) in [5.41, 5.74) is 1.38. The molecule has 0 saturated heterocycles. The predicted molar refractivity (Wildman–Crippen MR) is 91.0 cm³/mol. The van der Waals surface area contributed by atoms with Gasteiger partial charge in [-0.1, -0.05) is 0 Å². The highest BCUT2D eigenvalue weighted by atomic mass is 32.2. The lowest BCUT2D eigenvalue weighted by Gasteiger charge is -2.16. The summed E-state index contributed by atoms with van der Waals surface area (Å²) in [6.45, 7) is 1.97. The van der Waals surface area contributed by atoms with Crippen LogP contribution in [0.3, 0.4) is 0 Å². The van der Waals surface area contributed by atoms with Gasteiger partial charge in [-0.25, -0.2) is 13.2 Å². The number of hydrogen-bond acceptors (Lipinski definition) is 6. The Balaban J connectivity index is 1.93. The van der Waals surface area contributed by atoms with Gasteiger partial charge >= 0.3 is 5.63 Å². The van der Waals surface area contributed by atoms with E-state index in [1.165, 1.54) is 22.8 Å². The van der Waals surface area contributed by atoms with Crippen LogP contribution in [-0.4, -0.2) is 32.5 Å². The van der Waals surface area contributed by atoms with E-state index in [2.05, 4.69) is 4.99 Å². The zero-order valence-corrected chi connectivity index (χ0v) is 14.0. The van der Waals surface area contributed by atoms with Crippen molar-refractivity contribution in [2.24, 2.45) is 4.99 Å². The highest BCUT2D eigenvalue weighted by Gasteiger charge is 2.25. The van der Waals surface area contributed by atoms with Gasteiger partial charge in [0, 0.05) is 18.8 Å². The monoisotopic (exact) mass is 348 g/mol. The molecule has 0 fully saturated rings. The number of nitrogens with zero attached hydrogens (tertiary/aromatic N) is 2. The Bertz CT molecular complexity index is 992. The van der Waals surface area contributed by atoms with E-state index >= 15 is 0 Å². The molecule has 1 aliphatic rings. The van der Waals surface area contributed by atoms with Crippen LogP contribution >= 0.6 is 0 Å². The molecule has 8 heteroatoms. The van der Waals surface area contributed by atoms with Crippen LogP contribution in [-0.2, 0) is 16.4 Å². The fourth-order valence-electron chi connectivity index (χ4n) is 2.65. The van der Waals surface area contributed by atoms with Crippen LogP contribution in [0, 0.1) is 6.92 Å². The molecule has 3 rings (SSSR count). The van der Waals surface area contributed by atoms with Crippen LogP contribution in [0.5, 0.6) is 5.75 Å². The third-order valence-corrected chi connectivity index (χ3v) is 4.93. The SMILES string of the molecule is Cc1cc(O)c(C=Nc2ccc3c(c2)CCN3S(C)(=O)=O)c(=O)o1. The van der Waals surface area contributed by atoms with Gasteiger partial charge in [-0.2, -0.15) is 0 Å². The zero-order chi connectivity index (χ0) is 17.5. The molecule has 2 heterocycles. The summed E-state index contributed by atoms with van der Waals surface area (Å²) in [6, 6.07) is 6.46. The predicted octanol–water partition coefficient (Wildman–Crippen LogP) is 1.73. The molecular weight excluding hydrogens is 332 g/mol. The van der Waals surface area contributed by atoms with Crippen molar-refractivity contribution in [1.82, 2.24) is 0 Å². The molecule has 0 bridgehead atoms. The highest BCUT2D eigenvalue weighted by Crippen LogP contribution is 2.32. The first-order chi connectivity index (χ1) is 11.3. The number of rotatable bonds is 3. The summed E-state index contributed by atoms with van der Waals surface area (Å²) in [4.78, 5) is 15.9. The van der Waals surface area contributed by atoms with Gasteiger partial charge in [0.1, 0.15) is 17.1 Å². The second-order valence-corrected chi connectivity index (χ2v) is 7.51. The zero-order valence-electron chi connectivity index (χ0n) is 13.2. The summed E-state index contributed by atoms with van der Waals surface area (Å²) in [6.07, 6.45) is 3.02. The van der Waals surface area contributed by atoms with Crippen molar-refractivity contribution in [3.05, 3.63) is 51.6 Å².